The molecule has 9 heteroatoms. The maximum atomic E-state index is 13.5. The quantitative estimate of drug-likeness (QED) is 0.684. The SMILES string of the molecule is CC1(C)CCC(Cc2ccc(Cl)cc2C(F)(F)F)C1(O)Cn1[nH]cnc1=S. The van der Waals surface area contributed by atoms with Crippen LogP contribution in [-0.2, 0) is 19.1 Å². The van der Waals surface area contributed by atoms with Gasteiger partial charge in [0.15, 0.2) is 0 Å². The van der Waals surface area contributed by atoms with Gasteiger partial charge in [0.2, 0.25) is 4.77 Å². The maximum Gasteiger partial charge on any atom is 0.416 e. The molecule has 1 heterocycles. The zero-order valence-corrected chi connectivity index (χ0v) is 16.5. The number of nitrogens with zero attached hydrogens (tertiary/aromatic N) is 2. The van der Waals surface area contributed by atoms with E-state index < -0.39 is 22.8 Å². The Kier molecular flexibility index (Phi) is 5.20. The first kappa shape index (κ1) is 20.4. The maximum absolute atomic E-state index is 13.5. The van der Waals surface area contributed by atoms with Gasteiger partial charge in [-0.1, -0.05) is 31.5 Å². The van der Waals surface area contributed by atoms with Gasteiger partial charge in [-0.2, -0.15) is 13.2 Å². The first-order valence-electron chi connectivity index (χ1n) is 8.62. The van der Waals surface area contributed by atoms with Gasteiger partial charge >= 0.3 is 6.18 Å². The lowest BCUT2D eigenvalue weighted by Gasteiger charge is -2.41. The molecule has 2 N–H and O–H groups in total. The molecule has 1 aliphatic carbocycles. The van der Waals surface area contributed by atoms with E-state index in [1.54, 1.807) is 4.68 Å². The van der Waals surface area contributed by atoms with Crippen LogP contribution in [-0.4, -0.2) is 25.5 Å². The predicted octanol–water partition coefficient (Wildman–Crippen LogP) is 5.02. The third-order valence-corrected chi connectivity index (χ3v) is 6.39. The summed E-state index contributed by atoms with van der Waals surface area (Å²) >= 11 is 10.9. The number of benzene rings is 1. The van der Waals surface area contributed by atoms with Crippen molar-refractivity contribution in [3.63, 3.8) is 0 Å². The molecule has 4 nitrogen and oxygen atoms in total. The molecule has 1 aromatic heterocycles. The molecule has 1 saturated carbocycles. The van der Waals surface area contributed by atoms with E-state index in [0.717, 1.165) is 6.07 Å². The van der Waals surface area contributed by atoms with Gasteiger partial charge in [-0.25, -0.2) is 4.98 Å². The Hall–Kier alpha value is -1.38. The van der Waals surface area contributed by atoms with Crippen LogP contribution in [0.5, 0.6) is 0 Å². The lowest BCUT2D eigenvalue weighted by Crippen LogP contribution is -2.49. The summed E-state index contributed by atoms with van der Waals surface area (Å²) in [5.74, 6) is -0.361. The molecule has 0 spiro atoms. The largest absolute Gasteiger partial charge is 0.416 e. The molecule has 0 aliphatic heterocycles. The third-order valence-electron chi connectivity index (χ3n) is 5.83. The fourth-order valence-corrected chi connectivity index (χ4v) is 4.39. The summed E-state index contributed by atoms with van der Waals surface area (Å²) in [7, 11) is 0. The molecule has 0 amide bonds. The lowest BCUT2D eigenvalue weighted by molar-refractivity contribution is -0.138. The van der Waals surface area contributed by atoms with Gasteiger partial charge in [0.05, 0.1) is 17.7 Å². The number of hydrogen-bond donors (Lipinski definition) is 2. The summed E-state index contributed by atoms with van der Waals surface area (Å²) in [4.78, 5) is 3.95. The molecule has 1 aliphatic rings. The van der Waals surface area contributed by atoms with E-state index in [4.69, 9.17) is 23.8 Å². The number of hydrogen-bond acceptors (Lipinski definition) is 3. The molecule has 27 heavy (non-hydrogen) atoms. The van der Waals surface area contributed by atoms with Crippen molar-refractivity contribution in [2.45, 2.75) is 51.4 Å². The van der Waals surface area contributed by atoms with Crippen molar-refractivity contribution in [3.05, 3.63) is 45.4 Å². The van der Waals surface area contributed by atoms with Crippen LogP contribution < -0.4 is 0 Å². The Morgan fingerprint density at radius 1 is 1.41 bits per heavy atom. The predicted molar refractivity (Wildman–Crippen MR) is 99.0 cm³/mol. The lowest BCUT2D eigenvalue weighted by atomic mass is 9.72. The van der Waals surface area contributed by atoms with Gasteiger partial charge in [-0.05, 0) is 60.5 Å². The van der Waals surface area contributed by atoms with Crippen molar-refractivity contribution in [3.8, 4) is 0 Å². The van der Waals surface area contributed by atoms with Crippen LogP contribution in [0.3, 0.4) is 0 Å². The van der Waals surface area contributed by atoms with Crippen LogP contribution in [0, 0.1) is 16.1 Å². The molecule has 3 rings (SSSR count). The second-order valence-electron chi connectivity index (χ2n) is 7.80. The number of H-pyrrole nitrogens is 1. The fourth-order valence-electron chi connectivity index (χ4n) is 4.05. The summed E-state index contributed by atoms with van der Waals surface area (Å²) in [6, 6.07) is 3.80. The summed E-state index contributed by atoms with van der Waals surface area (Å²) < 4.78 is 42.2. The topological polar surface area (TPSA) is 53.8 Å². The average Bonchev–Trinajstić information content (AvgIpc) is 3.04. The number of aromatic amines is 1. The summed E-state index contributed by atoms with van der Waals surface area (Å²) in [6.45, 7) is 4.01. The van der Waals surface area contributed by atoms with Crippen molar-refractivity contribution in [2.75, 3.05) is 0 Å². The van der Waals surface area contributed by atoms with E-state index in [1.165, 1.54) is 18.5 Å². The minimum atomic E-state index is -4.50. The van der Waals surface area contributed by atoms with Gasteiger partial charge < -0.3 is 5.11 Å². The highest BCUT2D eigenvalue weighted by atomic mass is 35.5. The standard InChI is InChI=1S/C18H21ClF3N3OS/c1-16(2)6-5-12(17(16,26)9-25-15(27)23-10-24-25)7-11-3-4-13(19)8-14(11)18(20,21)22/h3-4,8,10,12,26H,5-7,9H2,1-2H3,(H,23,24,27). The number of alkyl halides is 3. The van der Waals surface area contributed by atoms with Crippen LogP contribution in [0.4, 0.5) is 13.2 Å². The zero-order valence-electron chi connectivity index (χ0n) is 15.0. The van der Waals surface area contributed by atoms with Crippen LogP contribution in [0.1, 0.15) is 37.8 Å². The summed E-state index contributed by atoms with van der Waals surface area (Å²) in [6.07, 6.45) is -1.65. The first-order valence-corrected chi connectivity index (χ1v) is 9.41. The minimum Gasteiger partial charge on any atom is -0.387 e. The smallest absolute Gasteiger partial charge is 0.387 e. The molecule has 0 saturated heterocycles. The molecule has 2 unspecified atom stereocenters. The van der Waals surface area contributed by atoms with E-state index in [9.17, 15) is 18.3 Å². The molecule has 0 radical (unpaired) electrons. The van der Waals surface area contributed by atoms with Crippen molar-refractivity contribution >= 4 is 23.8 Å². The van der Waals surface area contributed by atoms with Gasteiger partial charge in [0.25, 0.3) is 0 Å². The number of aliphatic hydroxyl groups is 1. The first-order chi connectivity index (χ1) is 12.4. The number of nitrogens with one attached hydrogen (secondary N) is 1. The second kappa shape index (κ2) is 6.90. The van der Waals surface area contributed by atoms with Gasteiger partial charge in [0, 0.05) is 5.02 Å². The Morgan fingerprint density at radius 3 is 2.70 bits per heavy atom. The van der Waals surface area contributed by atoms with Gasteiger partial charge in [-0.3, -0.25) is 9.78 Å². The Labute approximate surface area is 165 Å². The fraction of sp³-hybridized carbons (Fsp3) is 0.556. The van der Waals surface area contributed by atoms with Gasteiger partial charge in [-0.15, -0.1) is 0 Å². The third kappa shape index (κ3) is 3.79. The molecule has 0 bridgehead atoms. The highest BCUT2D eigenvalue weighted by molar-refractivity contribution is 7.71. The van der Waals surface area contributed by atoms with Crippen LogP contribution in [0.25, 0.3) is 0 Å². The van der Waals surface area contributed by atoms with E-state index in [1.807, 2.05) is 13.8 Å². The van der Waals surface area contributed by atoms with Crippen LogP contribution in [0.2, 0.25) is 5.02 Å². The van der Waals surface area contributed by atoms with Crippen molar-refractivity contribution in [2.24, 2.45) is 11.3 Å². The normalized spacial score (nSPS) is 25.1. The molecule has 1 fully saturated rings. The van der Waals surface area contributed by atoms with Crippen LogP contribution in [0.15, 0.2) is 24.5 Å². The minimum absolute atomic E-state index is 0.0388. The monoisotopic (exact) mass is 419 g/mol. The second-order valence-corrected chi connectivity index (χ2v) is 8.60. The molecule has 2 atom stereocenters. The average molecular weight is 420 g/mol. The highest BCUT2D eigenvalue weighted by Crippen LogP contribution is 2.52. The number of aromatic nitrogens is 3. The van der Waals surface area contributed by atoms with Crippen LogP contribution >= 0.6 is 23.8 Å². The van der Waals surface area contributed by atoms with Gasteiger partial charge in [0.1, 0.15) is 6.33 Å². The van der Waals surface area contributed by atoms with E-state index >= 15 is 0 Å². The molecular formula is C18H21ClF3N3OS. The number of halogens is 4. The van der Waals surface area contributed by atoms with Crippen molar-refractivity contribution in [1.82, 2.24) is 14.8 Å². The summed E-state index contributed by atoms with van der Waals surface area (Å²) in [5, 5.41) is 14.5. The molecule has 1 aromatic carbocycles. The van der Waals surface area contributed by atoms with E-state index in [0.29, 0.717) is 17.6 Å². The molecule has 2 aromatic rings. The summed E-state index contributed by atoms with van der Waals surface area (Å²) in [5.41, 5.74) is -2.33. The molecule has 148 valence electrons. The highest BCUT2D eigenvalue weighted by Gasteiger charge is 2.54. The Balaban J connectivity index is 1.97. The van der Waals surface area contributed by atoms with Crippen molar-refractivity contribution < 1.29 is 18.3 Å². The van der Waals surface area contributed by atoms with Crippen molar-refractivity contribution in [1.29, 1.82) is 0 Å². The molecular weight excluding hydrogens is 399 g/mol. The zero-order chi connectivity index (χ0) is 20.0. The Bertz CT molecular complexity index is 892. The van der Waals surface area contributed by atoms with E-state index in [-0.39, 0.29) is 29.5 Å². The Morgan fingerprint density at radius 2 is 2.11 bits per heavy atom. The number of rotatable bonds is 4. The van der Waals surface area contributed by atoms with E-state index in [2.05, 4.69) is 10.1 Å².